The lowest BCUT2D eigenvalue weighted by atomic mass is 10.0. The quantitative estimate of drug-likeness (QED) is 0.619. The Hall–Kier alpha value is -2.54. The van der Waals surface area contributed by atoms with Crippen LogP contribution in [0.1, 0.15) is 42.5 Å². The maximum atomic E-state index is 9.26. The van der Waals surface area contributed by atoms with E-state index in [0.29, 0.717) is 25.1 Å². The second kappa shape index (κ2) is 11.1. The predicted molar refractivity (Wildman–Crippen MR) is 148 cm³/mol. The number of likely N-dealkylation sites (tertiary alicyclic amines) is 1. The van der Waals surface area contributed by atoms with Gasteiger partial charge >= 0.3 is 6.01 Å². The normalized spacial score (nSPS) is 23.9. The number of hydrogen-bond donors (Lipinski definition) is 1. The second-order valence-corrected chi connectivity index (χ2v) is 11.8. The standard InChI is InChI=1S/C28H37N7OS/c1-33-13-3-7-22(33)19-36-28-31-24-18-34(25-8-2-5-20-6-4-16-37-26(20)25)14-10-23(24)27(32-28)35-15-12-30-21(17-35)9-11-29/h2,5,8,21-22,30H,3-4,6-7,9-10,12-19H2,1H3/t21-,22-/m0/s1. The summed E-state index contributed by atoms with van der Waals surface area (Å²) in [6.45, 7) is 6.00. The monoisotopic (exact) mass is 519 g/mol. The van der Waals surface area contributed by atoms with Gasteiger partial charge < -0.3 is 24.8 Å². The molecule has 2 fully saturated rings. The Morgan fingerprint density at radius 1 is 1.16 bits per heavy atom. The molecule has 2 atom stereocenters. The zero-order valence-electron chi connectivity index (χ0n) is 21.8. The first-order valence-corrected chi connectivity index (χ1v) is 14.8. The van der Waals surface area contributed by atoms with Crippen LogP contribution in [0.15, 0.2) is 23.1 Å². The van der Waals surface area contributed by atoms with Crippen molar-refractivity contribution >= 4 is 23.3 Å². The molecular weight excluding hydrogens is 482 g/mol. The first kappa shape index (κ1) is 24.8. The summed E-state index contributed by atoms with van der Waals surface area (Å²) in [5.74, 6) is 2.20. The van der Waals surface area contributed by atoms with Gasteiger partial charge in [0.2, 0.25) is 0 Å². The number of anilines is 2. The minimum absolute atomic E-state index is 0.161. The van der Waals surface area contributed by atoms with Crippen LogP contribution >= 0.6 is 11.8 Å². The SMILES string of the molecule is CN1CCC[C@H]1COc1nc2c(c(N3CCN[C@@H](CC#N)C3)n1)CCN(c1cccc3c1SCCC3)C2. The molecular formula is C28H37N7OS. The van der Waals surface area contributed by atoms with Crippen LogP contribution in [-0.4, -0.2) is 79.1 Å². The van der Waals surface area contributed by atoms with Crippen LogP contribution in [0, 0.1) is 11.3 Å². The van der Waals surface area contributed by atoms with Crippen LogP contribution in [0.2, 0.25) is 0 Å². The lowest BCUT2D eigenvalue weighted by Gasteiger charge is -2.38. The van der Waals surface area contributed by atoms with Gasteiger partial charge in [-0.25, -0.2) is 0 Å². The largest absolute Gasteiger partial charge is 0.462 e. The third-order valence-electron chi connectivity index (χ3n) is 8.25. The number of aryl methyl sites for hydroxylation is 1. The van der Waals surface area contributed by atoms with Crippen molar-refractivity contribution in [3.05, 3.63) is 35.0 Å². The molecule has 0 amide bonds. The molecule has 1 aromatic heterocycles. The van der Waals surface area contributed by atoms with Crippen molar-refractivity contribution < 1.29 is 4.74 Å². The molecule has 5 heterocycles. The van der Waals surface area contributed by atoms with E-state index in [1.165, 1.54) is 46.7 Å². The third-order valence-corrected chi connectivity index (χ3v) is 9.50. The van der Waals surface area contributed by atoms with Gasteiger partial charge in [0.25, 0.3) is 0 Å². The van der Waals surface area contributed by atoms with E-state index in [0.717, 1.165) is 63.6 Å². The molecule has 0 unspecified atom stereocenters. The van der Waals surface area contributed by atoms with Gasteiger partial charge in [0, 0.05) is 48.7 Å². The summed E-state index contributed by atoms with van der Waals surface area (Å²) < 4.78 is 6.28. The molecule has 0 saturated carbocycles. The van der Waals surface area contributed by atoms with Gasteiger partial charge in [0.15, 0.2) is 0 Å². The van der Waals surface area contributed by atoms with Gasteiger partial charge in [-0.3, -0.25) is 0 Å². The van der Waals surface area contributed by atoms with Gasteiger partial charge in [-0.15, -0.1) is 11.8 Å². The number of piperazine rings is 1. The summed E-state index contributed by atoms with van der Waals surface area (Å²) in [5, 5.41) is 12.7. The van der Waals surface area contributed by atoms with Crippen molar-refractivity contribution in [2.24, 2.45) is 0 Å². The third kappa shape index (κ3) is 5.25. The molecule has 0 bridgehead atoms. The molecule has 6 rings (SSSR count). The molecule has 0 aliphatic carbocycles. The molecule has 1 N–H and O–H groups in total. The van der Waals surface area contributed by atoms with Crippen LogP contribution in [0.25, 0.3) is 0 Å². The Bertz CT molecular complexity index is 1170. The highest BCUT2D eigenvalue weighted by Crippen LogP contribution is 2.40. The van der Waals surface area contributed by atoms with E-state index in [1.54, 1.807) is 0 Å². The van der Waals surface area contributed by atoms with Gasteiger partial charge in [-0.2, -0.15) is 15.2 Å². The number of nitrogens with zero attached hydrogens (tertiary/aromatic N) is 6. The van der Waals surface area contributed by atoms with E-state index < -0.39 is 0 Å². The van der Waals surface area contributed by atoms with Crippen LogP contribution in [-0.2, 0) is 19.4 Å². The summed E-state index contributed by atoms with van der Waals surface area (Å²) in [4.78, 5) is 18.7. The highest BCUT2D eigenvalue weighted by Gasteiger charge is 2.30. The molecule has 2 saturated heterocycles. The van der Waals surface area contributed by atoms with Crippen molar-refractivity contribution in [3.8, 4) is 12.1 Å². The topological polar surface area (TPSA) is 80.5 Å². The summed E-state index contributed by atoms with van der Waals surface area (Å²) >= 11 is 2.00. The first-order valence-electron chi connectivity index (χ1n) is 13.8. The van der Waals surface area contributed by atoms with Gasteiger partial charge in [-0.05, 0) is 63.1 Å². The van der Waals surface area contributed by atoms with Crippen molar-refractivity contribution in [1.82, 2.24) is 20.2 Å². The molecule has 9 heteroatoms. The number of nitrogens with one attached hydrogen (secondary N) is 1. The summed E-state index contributed by atoms with van der Waals surface area (Å²) in [6.07, 6.45) is 6.23. The molecule has 0 spiro atoms. The smallest absolute Gasteiger partial charge is 0.318 e. The summed E-state index contributed by atoms with van der Waals surface area (Å²) in [5.41, 5.74) is 5.16. The number of rotatable bonds is 6. The number of aromatic nitrogens is 2. The minimum Gasteiger partial charge on any atom is -0.462 e. The Labute approximate surface area is 224 Å². The zero-order valence-corrected chi connectivity index (χ0v) is 22.6. The van der Waals surface area contributed by atoms with E-state index in [2.05, 4.69) is 51.3 Å². The maximum absolute atomic E-state index is 9.26. The lowest BCUT2D eigenvalue weighted by molar-refractivity contribution is 0.187. The van der Waals surface area contributed by atoms with Crippen LogP contribution in [0.4, 0.5) is 11.5 Å². The lowest BCUT2D eigenvalue weighted by Crippen LogP contribution is -2.51. The Balaban J connectivity index is 1.30. The highest BCUT2D eigenvalue weighted by molar-refractivity contribution is 7.99. The number of fused-ring (bicyclic) bond motifs is 2. The van der Waals surface area contributed by atoms with Crippen molar-refractivity contribution in [3.63, 3.8) is 0 Å². The van der Waals surface area contributed by atoms with Crippen LogP contribution in [0.5, 0.6) is 6.01 Å². The summed E-state index contributed by atoms with van der Waals surface area (Å²) in [6, 6.07) is 10.2. The number of thioether (sulfide) groups is 1. The minimum atomic E-state index is 0.161. The number of hydrogen-bond acceptors (Lipinski definition) is 9. The predicted octanol–water partition coefficient (Wildman–Crippen LogP) is 3.24. The van der Waals surface area contributed by atoms with Crippen molar-refractivity contribution in [2.75, 3.05) is 61.9 Å². The zero-order chi connectivity index (χ0) is 25.2. The highest BCUT2D eigenvalue weighted by atomic mass is 32.2. The van der Waals surface area contributed by atoms with Gasteiger partial charge in [0.1, 0.15) is 12.4 Å². The van der Waals surface area contributed by atoms with E-state index in [4.69, 9.17) is 14.7 Å². The first-order chi connectivity index (χ1) is 18.2. The molecule has 4 aliphatic rings. The van der Waals surface area contributed by atoms with E-state index in [1.807, 2.05) is 11.8 Å². The summed E-state index contributed by atoms with van der Waals surface area (Å²) in [7, 11) is 2.17. The van der Waals surface area contributed by atoms with E-state index in [-0.39, 0.29) is 6.04 Å². The Morgan fingerprint density at radius 2 is 2.11 bits per heavy atom. The van der Waals surface area contributed by atoms with Gasteiger partial charge in [0.05, 0.1) is 30.4 Å². The fourth-order valence-electron chi connectivity index (χ4n) is 6.17. The second-order valence-electron chi connectivity index (χ2n) is 10.7. The number of benzene rings is 1. The molecule has 1 aromatic carbocycles. The van der Waals surface area contributed by atoms with E-state index in [9.17, 15) is 5.26 Å². The van der Waals surface area contributed by atoms with E-state index >= 15 is 0 Å². The Morgan fingerprint density at radius 3 is 2.97 bits per heavy atom. The maximum Gasteiger partial charge on any atom is 0.318 e. The number of ether oxygens (including phenoxy) is 1. The molecule has 196 valence electrons. The molecule has 8 nitrogen and oxygen atoms in total. The number of nitriles is 1. The molecule has 0 radical (unpaired) electrons. The average Bonchev–Trinajstić information content (AvgIpc) is 3.35. The Kier molecular flexibility index (Phi) is 7.41. The average molecular weight is 520 g/mol. The van der Waals surface area contributed by atoms with Crippen molar-refractivity contribution in [2.45, 2.75) is 62.0 Å². The molecule has 4 aliphatic heterocycles. The van der Waals surface area contributed by atoms with Crippen LogP contribution in [0.3, 0.4) is 0 Å². The number of likely N-dealkylation sites (N-methyl/N-ethyl adjacent to an activating group) is 1. The fraction of sp³-hybridized carbons (Fsp3) is 0.607. The molecule has 37 heavy (non-hydrogen) atoms. The van der Waals surface area contributed by atoms with Crippen molar-refractivity contribution in [1.29, 1.82) is 5.26 Å². The fourth-order valence-corrected chi connectivity index (χ4v) is 7.36. The van der Waals surface area contributed by atoms with Crippen LogP contribution < -0.4 is 19.9 Å². The van der Waals surface area contributed by atoms with Gasteiger partial charge in [-0.1, -0.05) is 12.1 Å². The molecule has 2 aromatic rings.